The van der Waals surface area contributed by atoms with E-state index in [9.17, 15) is 28.7 Å². The first kappa shape index (κ1) is 54.8. The number of aliphatic hydroxyl groups excluding tert-OH is 1. The number of thiazole rings is 1. The van der Waals surface area contributed by atoms with Crippen molar-refractivity contribution in [3.05, 3.63) is 70.7 Å². The lowest BCUT2D eigenvalue weighted by atomic mass is 9.80. The summed E-state index contributed by atoms with van der Waals surface area (Å²) in [6.07, 6.45) is 8.66. The van der Waals surface area contributed by atoms with Crippen molar-refractivity contribution in [2.45, 2.75) is 126 Å². The predicted octanol–water partition coefficient (Wildman–Crippen LogP) is 6.28. The Labute approximate surface area is 453 Å². The van der Waals surface area contributed by atoms with Gasteiger partial charge < -0.3 is 41.1 Å². The first-order chi connectivity index (χ1) is 35.8. The van der Waals surface area contributed by atoms with Crippen LogP contribution in [-0.4, -0.2) is 159 Å². The summed E-state index contributed by atoms with van der Waals surface area (Å²) in [5.74, 6) is -0.139. The van der Waals surface area contributed by atoms with Crippen LogP contribution in [0.2, 0.25) is 5.02 Å². The number of amides is 4. The van der Waals surface area contributed by atoms with Crippen LogP contribution in [0.15, 0.2) is 64.4 Å². The molecule has 5 aliphatic rings. The number of aryl methyl sites for hydroxylation is 1. The van der Waals surface area contributed by atoms with Crippen molar-refractivity contribution in [3.8, 4) is 10.4 Å². The molecule has 4 aliphatic heterocycles. The fraction of sp³-hybridized carbons (Fsp3) is 0.593. The molecule has 0 radical (unpaired) electrons. The topological polar surface area (TPSA) is 206 Å². The number of aliphatic hydroxyl groups is 1. The van der Waals surface area contributed by atoms with Crippen LogP contribution >= 0.6 is 34.7 Å². The van der Waals surface area contributed by atoms with E-state index < -0.39 is 53.0 Å². The number of benzene rings is 1. The summed E-state index contributed by atoms with van der Waals surface area (Å²) in [4.78, 5) is 86.0. The Morgan fingerprint density at radius 1 is 0.920 bits per heavy atom. The van der Waals surface area contributed by atoms with Gasteiger partial charge in [0, 0.05) is 88.9 Å². The monoisotopic (exact) mass is 1090 g/mol. The van der Waals surface area contributed by atoms with Crippen LogP contribution in [0.5, 0.6) is 0 Å². The van der Waals surface area contributed by atoms with Gasteiger partial charge in [0.25, 0.3) is 5.91 Å². The van der Waals surface area contributed by atoms with E-state index in [0.717, 1.165) is 63.4 Å². The average Bonchev–Trinajstić information content (AvgIpc) is 3.82. The minimum atomic E-state index is -1.98. The normalized spacial score (nSPS) is 21.9. The minimum absolute atomic E-state index is 0.0270. The molecule has 0 unspecified atom stereocenters. The Balaban J connectivity index is 0.786. The van der Waals surface area contributed by atoms with Gasteiger partial charge in [0.05, 0.1) is 45.6 Å². The lowest BCUT2D eigenvalue weighted by Gasteiger charge is -2.39. The Morgan fingerprint density at radius 2 is 1.63 bits per heavy atom. The van der Waals surface area contributed by atoms with E-state index >= 15 is 0 Å². The zero-order valence-electron chi connectivity index (χ0n) is 43.8. The predicted molar refractivity (Wildman–Crippen MR) is 290 cm³/mol. The third kappa shape index (κ3) is 12.7. The quantitative estimate of drug-likeness (QED) is 0.0976. The number of nitrogens with one attached hydrogen (secondary N) is 2. The Hall–Kier alpha value is -4.99. The molecule has 0 spiro atoms. The van der Waals surface area contributed by atoms with Gasteiger partial charge in [-0.1, -0.05) is 75.3 Å². The van der Waals surface area contributed by atoms with Crippen molar-refractivity contribution in [2.24, 2.45) is 22.5 Å². The summed E-state index contributed by atoms with van der Waals surface area (Å²) < 4.78 is 14.8. The zero-order valence-corrected chi connectivity index (χ0v) is 46.2. The van der Waals surface area contributed by atoms with Gasteiger partial charge in [-0.25, -0.2) is 24.3 Å². The summed E-state index contributed by atoms with van der Waals surface area (Å²) >= 11 is 10.0. The molecule has 21 heteroatoms. The van der Waals surface area contributed by atoms with E-state index in [-0.39, 0.29) is 43.0 Å². The Kier molecular flexibility index (Phi) is 16.7. The van der Waals surface area contributed by atoms with Crippen LogP contribution in [0, 0.1) is 23.7 Å². The van der Waals surface area contributed by atoms with E-state index in [0.29, 0.717) is 82.5 Å². The lowest BCUT2D eigenvalue weighted by molar-refractivity contribution is -0.145. The summed E-state index contributed by atoms with van der Waals surface area (Å²) in [6.45, 7) is 16.5. The van der Waals surface area contributed by atoms with Gasteiger partial charge in [-0.05, 0) is 86.4 Å². The molecule has 1 saturated carbocycles. The largest absolute Gasteiger partial charge is 0.391 e. The molecule has 1 aliphatic carbocycles. The van der Waals surface area contributed by atoms with Crippen LogP contribution < -0.4 is 26.2 Å². The number of piperidine rings is 2. The zero-order chi connectivity index (χ0) is 53.2. The number of hydrogen-bond acceptors (Lipinski definition) is 15. The molecular weight excluding hydrogens is 1020 g/mol. The number of β-amino-alcohol motifs (C(OH)–C–C–N with tert-alkyl or cyclic N) is 1. The number of nitrogens with zero attached hydrogens (tertiary/aromatic N) is 9. The SMILES string of the molecule is Cc1ncsc1-c1ccc([C@H](CCN2CCN(C(=O)C3CCN(c4nccc(Sc5cnc(N6CCC(C)(CN)CC6)cn5)c4Cl)CC3)CC2)NC(=O)[C@@H]2C[C@@H](O)CN2C(=O)[C@@H](NC(=O)C2(F)CC2)C(C)(C)C)cc1. The molecule has 4 aromatic rings. The molecule has 75 heavy (non-hydrogen) atoms. The maximum atomic E-state index is 14.8. The fourth-order valence-corrected chi connectivity index (χ4v) is 12.6. The second-order valence-electron chi connectivity index (χ2n) is 22.6. The van der Waals surface area contributed by atoms with Gasteiger partial charge >= 0.3 is 0 Å². The molecule has 4 saturated heterocycles. The van der Waals surface area contributed by atoms with E-state index in [1.165, 1.54) is 16.7 Å². The van der Waals surface area contributed by atoms with Crippen LogP contribution in [0.1, 0.15) is 96.4 Å². The third-order valence-electron chi connectivity index (χ3n) is 16.0. The van der Waals surface area contributed by atoms with Crippen LogP contribution in [-0.2, 0) is 19.2 Å². The molecule has 9 rings (SSSR count). The van der Waals surface area contributed by atoms with Crippen molar-refractivity contribution >= 4 is 70.0 Å². The smallest absolute Gasteiger partial charge is 0.258 e. The number of piperazine rings is 1. The summed E-state index contributed by atoms with van der Waals surface area (Å²) in [5.41, 5.74) is 8.07. The molecule has 17 nitrogen and oxygen atoms in total. The summed E-state index contributed by atoms with van der Waals surface area (Å²) in [6, 6.07) is 7.41. The molecular formula is C54H72ClFN12O5S2. The highest BCUT2D eigenvalue weighted by Gasteiger charge is 2.53. The van der Waals surface area contributed by atoms with Crippen molar-refractivity contribution in [3.63, 3.8) is 0 Å². The number of rotatable bonds is 16. The number of carbonyl (C=O) groups is 4. The molecule has 1 aromatic carbocycles. The molecule has 3 aromatic heterocycles. The number of alkyl halides is 1. The van der Waals surface area contributed by atoms with Crippen molar-refractivity contribution in [1.82, 2.24) is 45.3 Å². The second-order valence-corrected chi connectivity index (χ2v) is 24.9. The number of pyridine rings is 1. The Bertz CT molecular complexity index is 2670. The van der Waals surface area contributed by atoms with E-state index in [1.807, 2.05) is 53.9 Å². The number of likely N-dealkylation sites (tertiary alicyclic amines) is 1. The van der Waals surface area contributed by atoms with E-state index in [4.69, 9.17) is 27.3 Å². The number of nitrogens with two attached hydrogens (primary N) is 1. The van der Waals surface area contributed by atoms with Gasteiger partial charge in [0.2, 0.25) is 17.7 Å². The first-order valence-corrected chi connectivity index (χ1v) is 28.5. The average molecular weight is 1090 g/mol. The number of hydrogen-bond donors (Lipinski definition) is 4. The van der Waals surface area contributed by atoms with Crippen LogP contribution in [0.3, 0.4) is 0 Å². The van der Waals surface area contributed by atoms with Crippen molar-refractivity contribution in [1.29, 1.82) is 0 Å². The van der Waals surface area contributed by atoms with Gasteiger partial charge in [-0.2, -0.15) is 0 Å². The highest BCUT2D eigenvalue weighted by molar-refractivity contribution is 7.99. The second kappa shape index (κ2) is 22.9. The van der Waals surface area contributed by atoms with Crippen molar-refractivity contribution < 1.29 is 28.7 Å². The maximum Gasteiger partial charge on any atom is 0.258 e. The summed E-state index contributed by atoms with van der Waals surface area (Å²) in [7, 11) is 0. The first-order valence-electron chi connectivity index (χ1n) is 26.5. The molecule has 7 heterocycles. The molecule has 0 bridgehead atoms. The van der Waals surface area contributed by atoms with E-state index in [1.54, 1.807) is 44.5 Å². The van der Waals surface area contributed by atoms with Gasteiger partial charge in [0.1, 0.15) is 28.7 Å². The van der Waals surface area contributed by atoms with E-state index in [2.05, 4.69) is 42.2 Å². The number of aromatic nitrogens is 4. The number of carbonyl (C=O) groups excluding carboxylic acids is 4. The maximum absolute atomic E-state index is 14.8. The highest BCUT2D eigenvalue weighted by Crippen LogP contribution is 2.42. The number of halogens is 2. The lowest BCUT2D eigenvalue weighted by Crippen LogP contribution is -2.59. The Morgan fingerprint density at radius 3 is 2.24 bits per heavy atom. The molecule has 4 amide bonds. The van der Waals surface area contributed by atoms with Gasteiger partial charge in [-0.15, -0.1) is 11.3 Å². The van der Waals surface area contributed by atoms with Crippen LogP contribution in [0.25, 0.3) is 10.4 Å². The molecule has 5 fully saturated rings. The molecule has 4 atom stereocenters. The van der Waals surface area contributed by atoms with Crippen LogP contribution in [0.4, 0.5) is 16.0 Å². The third-order valence-corrected chi connectivity index (χ3v) is 18.4. The fourth-order valence-electron chi connectivity index (χ4n) is 10.7. The standard InChI is InChI=1S/C54H72ClFN12O5S2/c1-34-45(74-33-61-34)36-8-6-35(7-9-36)39(62-48(70)40-28-38(69)31-68(40)50(72)46(52(2,3)4)63-51(73)54(56)14-15-54)13-19-64-24-26-67(27-25-64)49(71)37-11-20-66(21-12-37)47-44(55)41(10-18-58-47)75-43-30-59-42(29-60-43)65-22-16-53(5,32-57)17-23-65/h6-10,18,29-30,33,37-40,46,69H,11-17,19-28,31-32,57H2,1-5H3,(H,62,70)(H,63,73)/t38-,39+,40+,46-/m1/s1. The minimum Gasteiger partial charge on any atom is -0.391 e. The van der Waals surface area contributed by atoms with Crippen molar-refractivity contribution in [2.75, 3.05) is 81.8 Å². The summed E-state index contributed by atoms with van der Waals surface area (Å²) in [5, 5.41) is 18.1. The molecule has 404 valence electrons. The van der Waals surface area contributed by atoms with Gasteiger partial charge in [0.15, 0.2) is 5.67 Å². The number of anilines is 2. The molecule has 5 N–H and O–H groups in total. The van der Waals surface area contributed by atoms with Gasteiger partial charge in [-0.3, -0.25) is 24.1 Å². The highest BCUT2D eigenvalue weighted by atomic mass is 35.5.